The van der Waals surface area contributed by atoms with Gasteiger partial charge in [-0.2, -0.15) is 0 Å². The van der Waals surface area contributed by atoms with E-state index in [4.69, 9.17) is 9.26 Å². The molecule has 0 N–H and O–H groups in total. The highest BCUT2D eigenvalue weighted by atomic mass is 16.6. The Hall–Kier alpha value is -2.94. The molecule has 0 atom stereocenters. The van der Waals surface area contributed by atoms with Gasteiger partial charge in [-0.15, -0.1) is 0 Å². The van der Waals surface area contributed by atoms with Crippen LogP contribution in [-0.4, -0.2) is 66.1 Å². The van der Waals surface area contributed by atoms with Crippen molar-refractivity contribution in [2.45, 2.75) is 0 Å². The van der Waals surface area contributed by atoms with Gasteiger partial charge in [0.05, 0.1) is 12.0 Å². The normalized spacial score (nSPS) is 15.2. The standard InChI is InChI=1S/C16H18N4O5/c1-18-5-7-19(8-6-18)16(21)15-10-12(17-25-15)11-3-4-13(20(22)23)14(9-11)24-2/h3-4,9-10H,5-8H2,1-2H3. The van der Waals surface area contributed by atoms with Gasteiger partial charge in [0.25, 0.3) is 5.91 Å². The Morgan fingerprint density at radius 1 is 1.28 bits per heavy atom. The smallest absolute Gasteiger partial charge is 0.310 e. The van der Waals surface area contributed by atoms with Crippen LogP contribution in [0.2, 0.25) is 0 Å². The van der Waals surface area contributed by atoms with Crippen LogP contribution in [0.5, 0.6) is 5.75 Å². The first kappa shape index (κ1) is 16.9. The molecule has 2 aromatic rings. The molecule has 132 valence electrons. The lowest BCUT2D eigenvalue weighted by Crippen LogP contribution is -2.47. The van der Waals surface area contributed by atoms with Crippen LogP contribution in [0.4, 0.5) is 5.69 Å². The number of ether oxygens (including phenoxy) is 1. The molecule has 1 aliphatic rings. The maximum absolute atomic E-state index is 12.5. The summed E-state index contributed by atoms with van der Waals surface area (Å²) >= 11 is 0. The molecule has 1 aromatic heterocycles. The average molecular weight is 346 g/mol. The summed E-state index contributed by atoms with van der Waals surface area (Å²) in [7, 11) is 3.37. The monoisotopic (exact) mass is 346 g/mol. The molecule has 9 heteroatoms. The molecule has 9 nitrogen and oxygen atoms in total. The second kappa shape index (κ2) is 6.89. The highest BCUT2D eigenvalue weighted by Crippen LogP contribution is 2.32. The first-order valence-electron chi connectivity index (χ1n) is 7.77. The van der Waals surface area contributed by atoms with Gasteiger partial charge in [-0.1, -0.05) is 5.16 Å². The maximum atomic E-state index is 12.5. The Balaban J connectivity index is 1.81. The number of hydrogen-bond donors (Lipinski definition) is 0. The lowest BCUT2D eigenvalue weighted by molar-refractivity contribution is -0.385. The van der Waals surface area contributed by atoms with E-state index < -0.39 is 4.92 Å². The molecular formula is C16H18N4O5. The zero-order chi connectivity index (χ0) is 18.0. The molecule has 1 saturated heterocycles. The van der Waals surface area contributed by atoms with Crippen molar-refractivity contribution in [2.24, 2.45) is 0 Å². The number of nitrogens with zero attached hydrogens (tertiary/aromatic N) is 4. The van der Waals surface area contributed by atoms with Crippen molar-refractivity contribution in [3.63, 3.8) is 0 Å². The number of benzene rings is 1. The summed E-state index contributed by atoms with van der Waals surface area (Å²) in [5.74, 6) is 0.0649. The summed E-state index contributed by atoms with van der Waals surface area (Å²) in [6.45, 7) is 2.89. The van der Waals surface area contributed by atoms with Gasteiger partial charge in [0.1, 0.15) is 5.69 Å². The van der Waals surface area contributed by atoms with Crippen molar-refractivity contribution in [1.82, 2.24) is 15.0 Å². The van der Waals surface area contributed by atoms with Crippen LogP contribution in [0.25, 0.3) is 11.3 Å². The van der Waals surface area contributed by atoms with Crippen LogP contribution in [0, 0.1) is 10.1 Å². The van der Waals surface area contributed by atoms with Crippen molar-refractivity contribution < 1.29 is 19.0 Å². The minimum atomic E-state index is -0.520. The quantitative estimate of drug-likeness (QED) is 0.612. The summed E-state index contributed by atoms with van der Waals surface area (Å²) < 4.78 is 10.2. The number of carbonyl (C=O) groups is 1. The second-order valence-corrected chi connectivity index (χ2v) is 5.82. The topological polar surface area (TPSA) is 102 Å². The fraction of sp³-hybridized carbons (Fsp3) is 0.375. The van der Waals surface area contributed by atoms with E-state index in [0.717, 1.165) is 13.1 Å². The van der Waals surface area contributed by atoms with E-state index in [-0.39, 0.29) is 23.1 Å². The molecule has 2 heterocycles. The Morgan fingerprint density at radius 2 is 2.00 bits per heavy atom. The van der Waals surface area contributed by atoms with E-state index in [0.29, 0.717) is 24.3 Å². The first-order chi connectivity index (χ1) is 12.0. The summed E-state index contributed by atoms with van der Waals surface area (Å²) in [5.41, 5.74) is 0.859. The fourth-order valence-electron chi connectivity index (χ4n) is 2.67. The summed E-state index contributed by atoms with van der Waals surface area (Å²) in [4.78, 5) is 26.8. The number of likely N-dealkylation sites (N-methyl/N-ethyl adjacent to an activating group) is 1. The van der Waals surface area contributed by atoms with Gasteiger partial charge in [0, 0.05) is 43.9 Å². The van der Waals surface area contributed by atoms with Crippen molar-refractivity contribution in [3.05, 3.63) is 40.1 Å². The van der Waals surface area contributed by atoms with E-state index >= 15 is 0 Å². The van der Waals surface area contributed by atoms with E-state index in [9.17, 15) is 14.9 Å². The highest BCUT2D eigenvalue weighted by molar-refractivity contribution is 5.92. The van der Waals surface area contributed by atoms with Gasteiger partial charge < -0.3 is 19.1 Å². The van der Waals surface area contributed by atoms with Crippen molar-refractivity contribution in [3.8, 4) is 17.0 Å². The first-order valence-corrected chi connectivity index (χ1v) is 7.77. The molecule has 1 aromatic carbocycles. The van der Waals surface area contributed by atoms with Gasteiger partial charge in [-0.05, 0) is 19.2 Å². The van der Waals surface area contributed by atoms with E-state index in [2.05, 4.69) is 10.1 Å². The number of amides is 1. The minimum Gasteiger partial charge on any atom is -0.490 e. The van der Waals surface area contributed by atoms with Gasteiger partial charge in [-0.3, -0.25) is 14.9 Å². The largest absolute Gasteiger partial charge is 0.490 e. The number of piperazine rings is 1. The van der Waals surface area contributed by atoms with Crippen molar-refractivity contribution in [1.29, 1.82) is 0 Å². The van der Waals surface area contributed by atoms with Crippen LogP contribution in [0.15, 0.2) is 28.8 Å². The third-order valence-corrected chi connectivity index (χ3v) is 4.18. The van der Waals surface area contributed by atoms with Crippen LogP contribution in [-0.2, 0) is 0 Å². The number of rotatable bonds is 4. The van der Waals surface area contributed by atoms with Crippen molar-refractivity contribution in [2.75, 3.05) is 40.3 Å². The van der Waals surface area contributed by atoms with Crippen LogP contribution in [0.3, 0.4) is 0 Å². The molecule has 0 radical (unpaired) electrons. The van der Waals surface area contributed by atoms with E-state index in [1.807, 2.05) is 7.05 Å². The van der Waals surface area contributed by atoms with E-state index in [1.54, 1.807) is 17.0 Å². The Kier molecular flexibility index (Phi) is 4.66. The Labute approximate surface area is 143 Å². The number of carbonyl (C=O) groups excluding carboxylic acids is 1. The van der Waals surface area contributed by atoms with Gasteiger partial charge >= 0.3 is 5.69 Å². The fourth-order valence-corrected chi connectivity index (χ4v) is 2.67. The Morgan fingerprint density at radius 3 is 2.64 bits per heavy atom. The molecule has 0 spiro atoms. The molecular weight excluding hydrogens is 328 g/mol. The summed E-state index contributed by atoms with van der Waals surface area (Å²) in [6, 6.07) is 5.93. The van der Waals surface area contributed by atoms with E-state index in [1.165, 1.54) is 19.2 Å². The van der Waals surface area contributed by atoms with Gasteiger partial charge in [0.2, 0.25) is 5.76 Å². The summed E-state index contributed by atoms with van der Waals surface area (Å²) in [5, 5.41) is 14.9. The molecule has 1 amide bonds. The molecule has 0 bridgehead atoms. The SMILES string of the molecule is COc1cc(-c2cc(C(=O)N3CCN(C)CC3)on2)ccc1[N+](=O)[O-]. The average Bonchev–Trinajstić information content (AvgIpc) is 3.11. The highest BCUT2D eigenvalue weighted by Gasteiger charge is 2.24. The molecule has 1 aliphatic heterocycles. The molecule has 25 heavy (non-hydrogen) atoms. The van der Waals surface area contributed by atoms with Gasteiger partial charge in [-0.25, -0.2) is 0 Å². The predicted octanol–water partition coefficient (Wildman–Crippen LogP) is 1.65. The number of nitro benzene ring substituents is 1. The lowest BCUT2D eigenvalue weighted by atomic mass is 10.1. The Bertz CT molecular complexity index is 796. The third-order valence-electron chi connectivity index (χ3n) is 4.18. The second-order valence-electron chi connectivity index (χ2n) is 5.82. The lowest BCUT2D eigenvalue weighted by Gasteiger charge is -2.31. The number of hydrogen-bond acceptors (Lipinski definition) is 7. The van der Waals surface area contributed by atoms with Crippen LogP contribution < -0.4 is 4.74 Å². The van der Waals surface area contributed by atoms with Crippen molar-refractivity contribution >= 4 is 11.6 Å². The molecule has 0 unspecified atom stereocenters. The molecule has 1 fully saturated rings. The number of aromatic nitrogens is 1. The molecule has 3 rings (SSSR count). The molecule has 0 aliphatic carbocycles. The zero-order valence-corrected chi connectivity index (χ0v) is 14.0. The predicted molar refractivity (Wildman–Crippen MR) is 88.5 cm³/mol. The third kappa shape index (κ3) is 3.45. The maximum Gasteiger partial charge on any atom is 0.310 e. The minimum absolute atomic E-state index is 0.123. The van der Waals surface area contributed by atoms with Gasteiger partial charge in [0.15, 0.2) is 5.75 Å². The molecule has 0 saturated carbocycles. The van der Waals surface area contributed by atoms with Crippen LogP contribution in [0.1, 0.15) is 10.6 Å². The number of nitro groups is 1. The zero-order valence-electron chi connectivity index (χ0n) is 14.0. The summed E-state index contributed by atoms with van der Waals surface area (Å²) in [6.07, 6.45) is 0. The van der Waals surface area contributed by atoms with Crippen LogP contribution >= 0.6 is 0 Å². The number of methoxy groups -OCH3 is 1.